The molecule has 0 bridgehead atoms. The van der Waals surface area contributed by atoms with Crippen LogP contribution in [0.3, 0.4) is 0 Å². The first-order valence-corrected chi connectivity index (χ1v) is 12.6. The van der Waals surface area contributed by atoms with Crippen LogP contribution < -0.4 is 15.4 Å². The number of nitrogens with one attached hydrogen (secondary N) is 2. The lowest BCUT2D eigenvalue weighted by atomic mass is 9.95. The molecule has 188 valence electrons. The zero-order chi connectivity index (χ0) is 24.7. The van der Waals surface area contributed by atoms with E-state index < -0.39 is 6.04 Å². The number of methoxy groups -OCH3 is 1. The van der Waals surface area contributed by atoms with Crippen molar-refractivity contribution in [2.24, 2.45) is 5.92 Å². The maximum atomic E-state index is 13.5. The molecular formula is C26H40N4O4. The largest absolute Gasteiger partial charge is 0.497 e. The number of rotatable bonds is 7. The fraction of sp³-hybridized carbons (Fsp3) is 0.654. The molecule has 1 saturated heterocycles. The molecule has 3 atom stereocenters. The second kappa shape index (κ2) is 12.1. The number of ether oxygens (including phenoxy) is 1. The van der Waals surface area contributed by atoms with Crippen LogP contribution in [0.5, 0.6) is 5.75 Å². The molecule has 2 aliphatic rings. The minimum absolute atomic E-state index is 0.0232. The molecule has 0 spiro atoms. The van der Waals surface area contributed by atoms with Crippen molar-refractivity contribution in [2.45, 2.75) is 77.4 Å². The maximum absolute atomic E-state index is 13.5. The molecule has 1 saturated carbocycles. The Kier molecular flexibility index (Phi) is 9.19. The minimum atomic E-state index is -0.626. The van der Waals surface area contributed by atoms with Crippen molar-refractivity contribution >= 4 is 17.8 Å². The Hall–Kier alpha value is -2.77. The number of hydrogen-bond donors (Lipinski definition) is 2. The summed E-state index contributed by atoms with van der Waals surface area (Å²) in [5.41, 5.74) is 0.457. The first-order valence-electron chi connectivity index (χ1n) is 12.6. The van der Waals surface area contributed by atoms with Crippen LogP contribution in [-0.2, 0) is 4.79 Å². The third kappa shape index (κ3) is 6.42. The summed E-state index contributed by atoms with van der Waals surface area (Å²) in [7, 11) is 1.55. The standard InChI is InChI=1S/C26H40N4O4/c1-5-18(2)23(28-24(31)20-10-9-13-22(16-20)34-4)25(32)29-14-15-30(19(3)17-29)26(33)27-21-11-7-6-8-12-21/h9-10,13,16,18-19,21,23H,5-8,11-12,14-15,17H2,1-4H3,(H,27,33)(H,28,31). The molecule has 1 aliphatic carbocycles. The molecule has 8 nitrogen and oxygen atoms in total. The van der Waals surface area contributed by atoms with E-state index in [0.29, 0.717) is 30.9 Å². The predicted molar refractivity (Wildman–Crippen MR) is 132 cm³/mol. The molecule has 4 amide bonds. The molecule has 3 rings (SSSR count). The fourth-order valence-corrected chi connectivity index (χ4v) is 4.83. The monoisotopic (exact) mass is 472 g/mol. The zero-order valence-electron chi connectivity index (χ0n) is 21.0. The second-order valence-electron chi connectivity index (χ2n) is 9.68. The average Bonchev–Trinajstić information content (AvgIpc) is 2.86. The van der Waals surface area contributed by atoms with E-state index in [-0.39, 0.29) is 35.8 Å². The van der Waals surface area contributed by atoms with Crippen molar-refractivity contribution in [1.82, 2.24) is 20.4 Å². The number of piperazine rings is 1. The predicted octanol–water partition coefficient (Wildman–Crippen LogP) is 3.41. The van der Waals surface area contributed by atoms with E-state index >= 15 is 0 Å². The van der Waals surface area contributed by atoms with E-state index in [9.17, 15) is 14.4 Å². The molecule has 3 unspecified atom stereocenters. The number of amides is 4. The summed E-state index contributed by atoms with van der Waals surface area (Å²) in [4.78, 5) is 42.9. The molecular weight excluding hydrogens is 432 g/mol. The van der Waals surface area contributed by atoms with Crippen molar-refractivity contribution in [2.75, 3.05) is 26.7 Å². The number of nitrogens with zero attached hydrogens (tertiary/aromatic N) is 2. The highest BCUT2D eigenvalue weighted by atomic mass is 16.5. The van der Waals surface area contributed by atoms with Gasteiger partial charge in [0, 0.05) is 37.3 Å². The minimum Gasteiger partial charge on any atom is -0.497 e. The Bertz CT molecular complexity index is 855. The van der Waals surface area contributed by atoms with Gasteiger partial charge in [-0.15, -0.1) is 0 Å². The Morgan fingerprint density at radius 2 is 1.88 bits per heavy atom. The quantitative estimate of drug-likeness (QED) is 0.636. The SMILES string of the molecule is CCC(C)C(NC(=O)c1cccc(OC)c1)C(=O)N1CCN(C(=O)NC2CCCCC2)C(C)C1. The lowest BCUT2D eigenvalue weighted by Crippen LogP contribution is -2.61. The van der Waals surface area contributed by atoms with Gasteiger partial charge in [-0.3, -0.25) is 9.59 Å². The number of hydrogen-bond acceptors (Lipinski definition) is 4. The average molecular weight is 473 g/mol. The van der Waals surface area contributed by atoms with Gasteiger partial charge in [0.1, 0.15) is 11.8 Å². The highest BCUT2D eigenvalue weighted by Crippen LogP contribution is 2.20. The van der Waals surface area contributed by atoms with Gasteiger partial charge in [0.05, 0.1) is 7.11 Å². The second-order valence-corrected chi connectivity index (χ2v) is 9.68. The highest BCUT2D eigenvalue weighted by Gasteiger charge is 2.35. The summed E-state index contributed by atoms with van der Waals surface area (Å²) in [6, 6.07) is 6.42. The van der Waals surface area contributed by atoms with Gasteiger partial charge < -0.3 is 25.2 Å². The molecule has 0 aromatic heterocycles. The summed E-state index contributed by atoms with van der Waals surface area (Å²) in [5, 5.41) is 6.14. The van der Waals surface area contributed by atoms with E-state index in [2.05, 4.69) is 10.6 Å². The smallest absolute Gasteiger partial charge is 0.317 e. The van der Waals surface area contributed by atoms with Gasteiger partial charge in [0.15, 0.2) is 0 Å². The molecule has 1 aromatic carbocycles. The van der Waals surface area contributed by atoms with E-state index in [0.717, 1.165) is 19.3 Å². The number of carbonyl (C=O) groups is 3. The van der Waals surface area contributed by atoms with Crippen LogP contribution in [0.2, 0.25) is 0 Å². The van der Waals surface area contributed by atoms with Crippen molar-refractivity contribution < 1.29 is 19.1 Å². The number of benzene rings is 1. The van der Waals surface area contributed by atoms with Crippen LogP contribution >= 0.6 is 0 Å². The van der Waals surface area contributed by atoms with Crippen LogP contribution in [0.25, 0.3) is 0 Å². The zero-order valence-corrected chi connectivity index (χ0v) is 21.0. The Labute approximate surface area is 203 Å². The van der Waals surface area contributed by atoms with Crippen LogP contribution in [0.15, 0.2) is 24.3 Å². The first kappa shape index (κ1) is 25.8. The van der Waals surface area contributed by atoms with Gasteiger partial charge in [0.25, 0.3) is 5.91 Å². The summed E-state index contributed by atoms with van der Waals surface area (Å²) in [5.74, 6) is 0.182. The van der Waals surface area contributed by atoms with Crippen LogP contribution in [0, 0.1) is 5.92 Å². The summed E-state index contributed by atoms with van der Waals surface area (Å²) in [6.07, 6.45) is 6.43. The lowest BCUT2D eigenvalue weighted by Gasteiger charge is -2.42. The molecule has 1 aliphatic heterocycles. The molecule has 1 aromatic rings. The van der Waals surface area contributed by atoms with Crippen molar-refractivity contribution in [3.8, 4) is 5.75 Å². The topological polar surface area (TPSA) is 91.0 Å². The van der Waals surface area contributed by atoms with Gasteiger partial charge in [-0.05, 0) is 43.9 Å². The molecule has 2 fully saturated rings. The van der Waals surface area contributed by atoms with Gasteiger partial charge in [-0.25, -0.2) is 4.79 Å². The fourth-order valence-electron chi connectivity index (χ4n) is 4.83. The normalized spacial score (nSPS) is 20.9. The van der Waals surface area contributed by atoms with Gasteiger partial charge in [0.2, 0.25) is 5.91 Å². The van der Waals surface area contributed by atoms with Crippen LogP contribution in [0.1, 0.15) is 69.7 Å². The molecule has 2 N–H and O–H groups in total. The third-order valence-corrected chi connectivity index (χ3v) is 7.23. The van der Waals surface area contributed by atoms with E-state index in [1.807, 2.05) is 25.7 Å². The first-order chi connectivity index (χ1) is 16.3. The van der Waals surface area contributed by atoms with Crippen LogP contribution in [0.4, 0.5) is 4.79 Å². The molecule has 8 heteroatoms. The Morgan fingerprint density at radius 1 is 1.15 bits per heavy atom. The van der Waals surface area contributed by atoms with E-state index in [1.54, 1.807) is 36.3 Å². The number of carbonyl (C=O) groups excluding carboxylic acids is 3. The van der Waals surface area contributed by atoms with E-state index in [1.165, 1.54) is 19.3 Å². The van der Waals surface area contributed by atoms with Crippen molar-refractivity contribution in [3.05, 3.63) is 29.8 Å². The third-order valence-electron chi connectivity index (χ3n) is 7.23. The Balaban J connectivity index is 1.62. The number of urea groups is 1. The van der Waals surface area contributed by atoms with Crippen LogP contribution in [-0.4, -0.2) is 72.5 Å². The van der Waals surface area contributed by atoms with E-state index in [4.69, 9.17) is 4.74 Å². The summed E-state index contributed by atoms with van der Waals surface area (Å²) in [6.45, 7) is 7.38. The summed E-state index contributed by atoms with van der Waals surface area (Å²) >= 11 is 0. The lowest BCUT2D eigenvalue weighted by molar-refractivity contribution is -0.136. The maximum Gasteiger partial charge on any atom is 0.317 e. The highest BCUT2D eigenvalue weighted by molar-refractivity contribution is 5.98. The molecule has 34 heavy (non-hydrogen) atoms. The Morgan fingerprint density at radius 3 is 2.53 bits per heavy atom. The van der Waals surface area contributed by atoms with Gasteiger partial charge >= 0.3 is 6.03 Å². The van der Waals surface area contributed by atoms with Gasteiger partial charge in [-0.1, -0.05) is 45.6 Å². The summed E-state index contributed by atoms with van der Waals surface area (Å²) < 4.78 is 5.22. The van der Waals surface area contributed by atoms with Gasteiger partial charge in [-0.2, -0.15) is 0 Å². The van der Waals surface area contributed by atoms with Crippen molar-refractivity contribution in [3.63, 3.8) is 0 Å². The molecule has 1 heterocycles. The van der Waals surface area contributed by atoms with Crippen molar-refractivity contribution in [1.29, 1.82) is 0 Å². The molecule has 0 radical (unpaired) electrons.